The molecule has 19 heavy (non-hydrogen) atoms. The summed E-state index contributed by atoms with van der Waals surface area (Å²) in [7, 11) is 0. The lowest BCUT2D eigenvalue weighted by Crippen LogP contribution is -2.45. The molecule has 0 aliphatic heterocycles. The minimum Gasteiger partial charge on any atom is -0.456 e. The maximum atomic E-state index is 12.1. The largest absolute Gasteiger partial charge is 0.456 e. The summed E-state index contributed by atoms with van der Waals surface area (Å²) in [5.41, 5.74) is -0.234. The van der Waals surface area contributed by atoms with Crippen molar-refractivity contribution in [2.75, 3.05) is 0 Å². The fourth-order valence-electron chi connectivity index (χ4n) is 3.38. The van der Waals surface area contributed by atoms with Crippen molar-refractivity contribution in [2.24, 2.45) is 5.92 Å². The van der Waals surface area contributed by atoms with Crippen LogP contribution in [0.5, 0.6) is 0 Å². The van der Waals surface area contributed by atoms with Gasteiger partial charge in [0.05, 0.1) is 5.56 Å². The lowest BCUT2D eigenvalue weighted by atomic mass is 9.83. The van der Waals surface area contributed by atoms with E-state index >= 15 is 0 Å². The normalized spacial score (nSPS) is 33.7. The van der Waals surface area contributed by atoms with Crippen LogP contribution >= 0.6 is 0 Å². The van der Waals surface area contributed by atoms with Gasteiger partial charge in [-0.3, -0.25) is 0 Å². The molecule has 3 heteroatoms. The Balaban J connectivity index is 1.74. The fourth-order valence-corrected chi connectivity index (χ4v) is 3.38. The highest BCUT2D eigenvalue weighted by molar-refractivity contribution is 5.89. The minimum absolute atomic E-state index is 0.315. The Labute approximate surface area is 113 Å². The zero-order valence-corrected chi connectivity index (χ0v) is 11.0. The van der Waals surface area contributed by atoms with Crippen LogP contribution in [0.15, 0.2) is 30.3 Å². The van der Waals surface area contributed by atoms with Gasteiger partial charge in [0.15, 0.2) is 0 Å². The summed E-state index contributed by atoms with van der Waals surface area (Å²) in [6.45, 7) is 0. The second-order valence-electron chi connectivity index (χ2n) is 5.88. The smallest absolute Gasteiger partial charge is 0.338 e. The first-order chi connectivity index (χ1) is 9.17. The zero-order chi connectivity index (χ0) is 13.3. The minimum atomic E-state index is -0.794. The molecular weight excluding hydrogens is 241 g/mol. The molecule has 1 aromatic rings. The third-order valence-electron chi connectivity index (χ3n) is 4.67. The van der Waals surface area contributed by atoms with Crippen molar-refractivity contribution in [1.82, 2.24) is 0 Å². The molecule has 102 valence electrons. The van der Waals surface area contributed by atoms with Crippen molar-refractivity contribution >= 4 is 5.97 Å². The monoisotopic (exact) mass is 261 g/mol. The summed E-state index contributed by atoms with van der Waals surface area (Å²) in [5.74, 6) is 0.394. The molecular formula is C16H20O3. The van der Waals surface area contributed by atoms with Crippen LogP contribution in [-0.4, -0.2) is 22.8 Å². The highest BCUT2D eigenvalue weighted by Crippen LogP contribution is 2.43. The van der Waals surface area contributed by atoms with Gasteiger partial charge < -0.3 is 9.84 Å². The molecule has 0 unspecified atom stereocenters. The molecule has 1 aromatic carbocycles. The molecule has 2 bridgehead atoms. The van der Waals surface area contributed by atoms with Crippen molar-refractivity contribution < 1.29 is 14.6 Å². The number of aliphatic hydroxyl groups is 1. The van der Waals surface area contributed by atoms with Crippen LogP contribution < -0.4 is 0 Å². The van der Waals surface area contributed by atoms with E-state index in [2.05, 4.69) is 0 Å². The quantitative estimate of drug-likeness (QED) is 0.657. The maximum Gasteiger partial charge on any atom is 0.338 e. The summed E-state index contributed by atoms with van der Waals surface area (Å²) in [4.78, 5) is 12.1. The number of benzene rings is 1. The Morgan fingerprint density at radius 2 is 1.79 bits per heavy atom. The number of hydrogen-bond acceptors (Lipinski definition) is 3. The van der Waals surface area contributed by atoms with Crippen molar-refractivity contribution in [2.45, 2.75) is 50.2 Å². The van der Waals surface area contributed by atoms with Crippen LogP contribution in [0.3, 0.4) is 0 Å². The lowest BCUT2D eigenvalue weighted by Gasteiger charge is -2.36. The van der Waals surface area contributed by atoms with Crippen LogP contribution in [0.25, 0.3) is 0 Å². The predicted molar refractivity (Wildman–Crippen MR) is 71.8 cm³/mol. The van der Waals surface area contributed by atoms with E-state index in [0.29, 0.717) is 11.5 Å². The third kappa shape index (κ3) is 2.52. The number of fused-ring (bicyclic) bond motifs is 4. The SMILES string of the molecule is O=C(O[13C@H]1CCC2CCC1(O)CC2)c1ccccc1. The zero-order valence-electron chi connectivity index (χ0n) is 11.0. The van der Waals surface area contributed by atoms with E-state index in [9.17, 15) is 9.90 Å². The molecule has 3 aliphatic rings. The summed E-state index contributed by atoms with van der Waals surface area (Å²) in [6.07, 6.45) is 5.18. The van der Waals surface area contributed by atoms with Crippen LogP contribution in [0.1, 0.15) is 48.9 Å². The Morgan fingerprint density at radius 1 is 1.11 bits per heavy atom. The molecule has 1 atom stereocenters. The number of ether oxygens (including phenoxy) is 1. The van der Waals surface area contributed by atoms with Gasteiger partial charge in [0.1, 0.15) is 11.7 Å². The number of carbonyl (C=O) groups excluding carboxylic acids is 1. The van der Waals surface area contributed by atoms with Crippen LogP contribution in [-0.2, 0) is 4.74 Å². The van der Waals surface area contributed by atoms with E-state index in [1.807, 2.05) is 18.2 Å². The molecule has 0 aromatic heterocycles. The van der Waals surface area contributed by atoms with Crippen molar-refractivity contribution in [1.29, 1.82) is 0 Å². The first-order valence-corrected chi connectivity index (χ1v) is 7.16. The standard InChI is InChI=1S/C16H20O3/c17-15(13-4-2-1-3-5-13)19-14-7-6-12-8-10-16(14,18)11-9-12/h1-5,12,14,18H,6-11H2/t12?,14-,16?/m0/s1/i14+1. The van der Waals surface area contributed by atoms with E-state index < -0.39 is 5.60 Å². The van der Waals surface area contributed by atoms with Gasteiger partial charge in [0, 0.05) is 0 Å². The molecule has 0 heterocycles. The Hall–Kier alpha value is -1.35. The van der Waals surface area contributed by atoms with Crippen molar-refractivity contribution in [3.8, 4) is 0 Å². The molecule has 1 N–H and O–H groups in total. The van der Waals surface area contributed by atoms with Crippen LogP contribution in [0.2, 0.25) is 0 Å². The van der Waals surface area contributed by atoms with Gasteiger partial charge >= 0.3 is 5.97 Å². The summed E-state index contributed by atoms with van der Waals surface area (Å²) < 4.78 is 5.60. The number of rotatable bonds is 2. The van der Waals surface area contributed by atoms with E-state index in [1.165, 1.54) is 0 Å². The third-order valence-corrected chi connectivity index (χ3v) is 4.67. The molecule has 3 saturated carbocycles. The second kappa shape index (κ2) is 4.97. The van der Waals surface area contributed by atoms with E-state index in [-0.39, 0.29) is 12.1 Å². The highest BCUT2D eigenvalue weighted by Gasteiger charge is 2.45. The average molecular weight is 261 g/mol. The maximum absolute atomic E-state index is 12.1. The topological polar surface area (TPSA) is 46.5 Å². The Kier molecular flexibility index (Phi) is 3.31. The van der Waals surface area contributed by atoms with E-state index in [4.69, 9.17) is 4.74 Å². The first-order valence-electron chi connectivity index (χ1n) is 7.16. The number of hydrogen-bond donors (Lipinski definition) is 1. The second-order valence-corrected chi connectivity index (χ2v) is 5.88. The molecule has 3 nitrogen and oxygen atoms in total. The Bertz CT molecular complexity index is 446. The molecule has 3 fully saturated rings. The molecule has 0 amide bonds. The van der Waals surface area contributed by atoms with E-state index in [0.717, 1.165) is 38.5 Å². The molecule has 3 aliphatic carbocycles. The lowest BCUT2D eigenvalue weighted by molar-refractivity contribution is -0.0984. The Morgan fingerprint density at radius 3 is 2.47 bits per heavy atom. The van der Waals surface area contributed by atoms with Gasteiger partial charge in [-0.2, -0.15) is 0 Å². The van der Waals surface area contributed by atoms with Crippen LogP contribution in [0, 0.1) is 5.92 Å². The van der Waals surface area contributed by atoms with Gasteiger partial charge in [-0.1, -0.05) is 18.2 Å². The molecule has 4 rings (SSSR count). The van der Waals surface area contributed by atoms with Crippen LogP contribution in [0.4, 0.5) is 0 Å². The summed E-state index contributed by atoms with van der Waals surface area (Å²) in [6, 6.07) is 9.02. The van der Waals surface area contributed by atoms with Crippen molar-refractivity contribution in [3.05, 3.63) is 35.9 Å². The number of esters is 1. The molecule has 0 spiro atoms. The predicted octanol–water partition coefficient (Wildman–Crippen LogP) is 2.93. The first kappa shape index (κ1) is 12.7. The summed E-state index contributed by atoms with van der Waals surface area (Å²) >= 11 is 0. The highest BCUT2D eigenvalue weighted by atomic mass is 16.6. The summed E-state index contributed by atoms with van der Waals surface area (Å²) in [5, 5.41) is 10.7. The van der Waals surface area contributed by atoms with Gasteiger partial charge in [-0.05, 0) is 56.6 Å². The van der Waals surface area contributed by atoms with Gasteiger partial charge in [0.25, 0.3) is 0 Å². The molecule has 0 radical (unpaired) electrons. The average Bonchev–Trinajstić information content (AvgIpc) is 2.69. The van der Waals surface area contributed by atoms with Gasteiger partial charge in [0.2, 0.25) is 0 Å². The number of carbonyl (C=O) groups is 1. The molecule has 0 saturated heterocycles. The van der Waals surface area contributed by atoms with Gasteiger partial charge in [-0.25, -0.2) is 4.79 Å². The van der Waals surface area contributed by atoms with Crippen molar-refractivity contribution in [3.63, 3.8) is 0 Å². The fraction of sp³-hybridized carbons (Fsp3) is 0.562. The van der Waals surface area contributed by atoms with Gasteiger partial charge in [-0.15, -0.1) is 0 Å². The van der Waals surface area contributed by atoms with E-state index in [1.54, 1.807) is 12.1 Å².